The molecule has 1 aromatic carbocycles. The number of anilines is 2. The monoisotopic (exact) mass is 326 g/mol. The number of phenolic OH excluding ortho intramolecular Hbond substituents is 1. The first-order chi connectivity index (χ1) is 9.94. The largest absolute Gasteiger partial charge is 0.506 e. The summed E-state index contributed by atoms with van der Waals surface area (Å²) >= 11 is 6.79. The minimum Gasteiger partial charge on any atom is -0.506 e. The van der Waals surface area contributed by atoms with Crippen molar-refractivity contribution in [2.24, 2.45) is 0 Å². The average Bonchev–Trinajstić information content (AvgIpc) is 2.40. The van der Waals surface area contributed by atoms with E-state index >= 15 is 0 Å². The summed E-state index contributed by atoms with van der Waals surface area (Å²) < 4.78 is 0. The van der Waals surface area contributed by atoms with Gasteiger partial charge >= 0.3 is 0 Å². The van der Waals surface area contributed by atoms with Gasteiger partial charge in [-0.3, -0.25) is 9.59 Å². The molecule has 2 aromatic rings. The van der Waals surface area contributed by atoms with Gasteiger partial charge in [-0.1, -0.05) is 23.4 Å². The number of carbonyl (C=O) groups excluding carboxylic acids is 1. The molecular weight excluding hydrogens is 316 g/mol. The van der Waals surface area contributed by atoms with E-state index in [2.05, 4.69) is 15.3 Å². The number of rotatable bonds is 4. The molecule has 0 unspecified atom stereocenters. The Bertz CT molecular complexity index is 735. The molecule has 110 valence electrons. The minimum absolute atomic E-state index is 0.0155. The van der Waals surface area contributed by atoms with Crippen molar-refractivity contribution in [1.29, 1.82) is 0 Å². The lowest BCUT2D eigenvalue weighted by molar-refractivity contribution is -0.113. The highest BCUT2D eigenvalue weighted by Gasteiger charge is 2.09. The van der Waals surface area contributed by atoms with Gasteiger partial charge < -0.3 is 21.1 Å². The molecule has 0 saturated heterocycles. The molecule has 0 radical (unpaired) electrons. The number of halogens is 1. The summed E-state index contributed by atoms with van der Waals surface area (Å²) in [5.74, 6) is -0.414. The van der Waals surface area contributed by atoms with E-state index in [9.17, 15) is 14.7 Å². The first-order valence-electron chi connectivity index (χ1n) is 5.72. The topological polar surface area (TPSA) is 121 Å². The van der Waals surface area contributed by atoms with Gasteiger partial charge in [-0.15, -0.1) is 0 Å². The van der Waals surface area contributed by atoms with Crippen LogP contribution in [0.1, 0.15) is 0 Å². The van der Waals surface area contributed by atoms with Crippen LogP contribution >= 0.6 is 23.4 Å². The van der Waals surface area contributed by atoms with E-state index in [0.717, 1.165) is 17.8 Å². The lowest BCUT2D eigenvalue weighted by Crippen LogP contribution is -2.15. The van der Waals surface area contributed by atoms with Crippen LogP contribution in [-0.4, -0.2) is 26.7 Å². The molecule has 0 saturated carbocycles. The van der Waals surface area contributed by atoms with Crippen molar-refractivity contribution < 1.29 is 9.90 Å². The van der Waals surface area contributed by atoms with Crippen molar-refractivity contribution in [2.75, 3.05) is 16.8 Å². The van der Waals surface area contributed by atoms with Crippen molar-refractivity contribution in [3.63, 3.8) is 0 Å². The number of thioether (sulfide) groups is 1. The number of amides is 1. The first-order valence-corrected chi connectivity index (χ1v) is 7.08. The Morgan fingerprint density at radius 2 is 2.24 bits per heavy atom. The van der Waals surface area contributed by atoms with Crippen molar-refractivity contribution in [2.45, 2.75) is 5.16 Å². The predicted molar refractivity (Wildman–Crippen MR) is 81.7 cm³/mol. The van der Waals surface area contributed by atoms with Gasteiger partial charge in [-0.2, -0.15) is 0 Å². The molecule has 1 heterocycles. The highest BCUT2D eigenvalue weighted by atomic mass is 35.5. The number of H-pyrrole nitrogens is 1. The molecule has 1 aromatic heterocycles. The maximum absolute atomic E-state index is 11.8. The summed E-state index contributed by atoms with van der Waals surface area (Å²) in [4.78, 5) is 29.3. The van der Waals surface area contributed by atoms with Gasteiger partial charge in [0, 0.05) is 11.1 Å². The third-order valence-electron chi connectivity index (χ3n) is 2.31. The molecule has 0 aliphatic heterocycles. The zero-order valence-corrected chi connectivity index (χ0v) is 12.2. The molecule has 0 spiro atoms. The Labute approximate surface area is 128 Å². The van der Waals surface area contributed by atoms with Gasteiger partial charge in [0.1, 0.15) is 11.6 Å². The van der Waals surface area contributed by atoms with Crippen LogP contribution < -0.4 is 16.6 Å². The van der Waals surface area contributed by atoms with Gasteiger partial charge in [-0.25, -0.2) is 4.98 Å². The summed E-state index contributed by atoms with van der Waals surface area (Å²) in [6.07, 6.45) is 0. The van der Waals surface area contributed by atoms with Crippen LogP contribution in [0.15, 0.2) is 34.2 Å². The lowest BCUT2D eigenvalue weighted by atomic mass is 10.3. The van der Waals surface area contributed by atoms with Crippen molar-refractivity contribution in [3.05, 3.63) is 39.6 Å². The summed E-state index contributed by atoms with van der Waals surface area (Å²) in [6, 6.07) is 5.46. The fraction of sp³-hybridized carbons (Fsp3) is 0.0833. The van der Waals surface area contributed by atoms with E-state index in [4.69, 9.17) is 17.3 Å². The highest BCUT2D eigenvalue weighted by molar-refractivity contribution is 7.99. The van der Waals surface area contributed by atoms with Crippen LogP contribution in [0.3, 0.4) is 0 Å². The zero-order chi connectivity index (χ0) is 15.4. The molecule has 21 heavy (non-hydrogen) atoms. The van der Waals surface area contributed by atoms with Crippen molar-refractivity contribution in [1.82, 2.24) is 9.97 Å². The second kappa shape index (κ2) is 6.51. The maximum Gasteiger partial charge on any atom is 0.253 e. The number of benzene rings is 1. The zero-order valence-electron chi connectivity index (χ0n) is 10.6. The summed E-state index contributed by atoms with van der Waals surface area (Å²) in [5, 5.41) is 12.7. The van der Waals surface area contributed by atoms with Crippen LogP contribution in [-0.2, 0) is 4.79 Å². The SMILES string of the molecule is Nc1cc(=O)[nH]c(SCC(=O)Nc2cc(Cl)ccc2O)n1. The molecule has 0 aliphatic carbocycles. The Morgan fingerprint density at radius 3 is 2.95 bits per heavy atom. The molecule has 0 bridgehead atoms. The number of hydrogen-bond acceptors (Lipinski definition) is 6. The molecule has 9 heteroatoms. The Morgan fingerprint density at radius 1 is 1.48 bits per heavy atom. The average molecular weight is 327 g/mol. The molecule has 7 nitrogen and oxygen atoms in total. The van der Waals surface area contributed by atoms with Crippen molar-refractivity contribution >= 4 is 40.8 Å². The van der Waals surface area contributed by atoms with E-state index < -0.39 is 5.56 Å². The molecule has 0 aliphatic rings. The van der Waals surface area contributed by atoms with E-state index in [1.807, 2.05) is 0 Å². The number of nitrogens with two attached hydrogens (primary N) is 1. The number of nitrogens with zero attached hydrogens (tertiary/aromatic N) is 1. The van der Waals surface area contributed by atoms with Crippen LogP contribution in [0.2, 0.25) is 5.02 Å². The van der Waals surface area contributed by atoms with E-state index in [0.29, 0.717) is 5.02 Å². The number of aromatic amines is 1. The predicted octanol–water partition coefficient (Wildman–Crippen LogP) is 1.44. The van der Waals surface area contributed by atoms with E-state index in [1.54, 1.807) is 0 Å². The Hall–Kier alpha value is -2.19. The minimum atomic E-state index is -0.391. The summed E-state index contributed by atoms with van der Waals surface area (Å²) in [5.41, 5.74) is 5.25. The quantitative estimate of drug-likeness (QED) is 0.383. The number of aromatic nitrogens is 2. The normalized spacial score (nSPS) is 10.3. The first kappa shape index (κ1) is 15.2. The van der Waals surface area contributed by atoms with E-state index in [-0.39, 0.29) is 34.1 Å². The molecule has 0 atom stereocenters. The number of hydrogen-bond donors (Lipinski definition) is 4. The van der Waals surface area contributed by atoms with Gasteiger partial charge in [0.15, 0.2) is 5.16 Å². The second-order valence-electron chi connectivity index (χ2n) is 3.97. The van der Waals surface area contributed by atoms with Gasteiger partial charge in [0.2, 0.25) is 5.91 Å². The fourth-order valence-electron chi connectivity index (χ4n) is 1.45. The number of aromatic hydroxyl groups is 1. The van der Waals surface area contributed by atoms with Crippen LogP contribution in [0.5, 0.6) is 5.75 Å². The van der Waals surface area contributed by atoms with Gasteiger partial charge in [0.05, 0.1) is 11.4 Å². The Kier molecular flexibility index (Phi) is 4.71. The number of phenols is 1. The molecule has 5 N–H and O–H groups in total. The van der Waals surface area contributed by atoms with Gasteiger partial charge in [-0.05, 0) is 18.2 Å². The van der Waals surface area contributed by atoms with Crippen molar-refractivity contribution in [3.8, 4) is 5.75 Å². The number of nitrogens with one attached hydrogen (secondary N) is 2. The summed E-state index contributed by atoms with van der Waals surface area (Å²) in [6.45, 7) is 0. The molecule has 0 fully saturated rings. The number of nitrogen functional groups attached to an aromatic ring is 1. The highest BCUT2D eigenvalue weighted by Crippen LogP contribution is 2.26. The smallest absolute Gasteiger partial charge is 0.253 e. The molecule has 2 rings (SSSR count). The lowest BCUT2D eigenvalue weighted by Gasteiger charge is -2.07. The fourth-order valence-corrected chi connectivity index (χ4v) is 2.31. The van der Waals surface area contributed by atoms with E-state index in [1.165, 1.54) is 18.2 Å². The molecular formula is C12H11ClN4O3S. The van der Waals surface area contributed by atoms with Crippen LogP contribution in [0, 0.1) is 0 Å². The van der Waals surface area contributed by atoms with Gasteiger partial charge in [0.25, 0.3) is 5.56 Å². The van der Waals surface area contributed by atoms with Crippen LogP contribution in [0.4, 0.5) is 11.5 Å². The summed E-state index contributed by atoms with van der Waals surface area (Å²) in [7, 11) is 0. The third kappa shape index (κ3) is 4.40. The molecule has 1 amide bonds. The Balaban J connectivity index is 1.99. The third-order valence-corrected chi connectivity index (χ3v) is 3.42. The second-order valence-corrected chi connectivity index (χ2v) is 5.37. The van der Waals surface area contributed by atoms with Crippen LogP contribution in [0.25, 0.3) is 0 Å². The standard InChI is InChI=1S/C12H11ClN4O3S/c13-6-1-2-8(18)7(3-6)15-11(20)5-21-12-16-9(14)4-10(19)17-12/h1-4,18H,5H2,(H,15,20)(H3,14,16,17,19). The number of carbonyl (C=O) groups is 1. The maximum atomic E-state index is 11.8.